The Morgan fingerprint density at radius 1 is 1.25 bits per heavy atom. The van der Waals surface area contributed by atoms with Crippen molar-refractivity contribution in [2.24, 2.45) is 5.73 Å². The van der Waals surface area contributed by atoms with E-state index < -0.39 is 6.04 Å². The standard InChI is InChI=1S/C17H19BrN2O3S/c1-23-17(22)12-6-4-11(5-7-12)3-2-10-20-16(21)15(19)13-8-9-14(18)24-13/h4-9,15H,2-3,10,19H2,1H3,(H,20,21). The zero-order valence-electron chi connectivity index (χ0n) is 13.3. The Balaban J connectivity index is 1.74. The van der Waals surface area contributed by atoms with Crippen molar-refractivity contribution >= 4 is 39.1 Å². The predicted molar refractivity (Wildman–Crippen MR) is 98.1 cm³/mol. The molecule has 1 unspecified atom stereocenters. The molecule has 0 radical (unpaired) electrons. The minimum absolute atomic E-state index is 0.176. The van der Waals surface area contributed by atoms with Gasteiger partial charge in [0.2, 0.25) is 5.91 Å². The summed E-state index contributed by atoms with van der Waals surface area (Å²) in [6.45, 7) is 0.553. The first-order chi connectivity index (χ1) is 11.5. The van der Waals surface area contributed by atoms with Crippen molar-refractivity contribution in [1.82, 2.24) is 5.32 Å². The van der Waals surface area contributed by atoms with Gasteiger partial charge in [0.15, 0.2) is 0 Å². The Kier molecular flexibility index (Phi) is 6.96. The molecule has 1 atom stereocenters. The van der Waals surface area contributed by atoms with E-state index in [4.69, 9.17) is 5.73 Å². The number of hydrogen-bond acceptors (Lipinski definition) is 5. The number of nitrogens with one attached hydrogen (secondary N) is 1. The SMILES string of the molecule is COC(=O)c1ccc(CCCNC(=O)C(N)c2ccc(Br)s2)cc1. The number of ether oxygens (including phenoxy) is 1. The molecule has 0 saturated heterocycles. The molecule has 1 aromatic heterocycles. The Labute approximate surface area is 153 Å². The number of benzene rings is 1. The van der Waals surface area contributed by atoms with Gasteiger partial charge in [-0.25, -0.2) is 4.79 Å². The minimum atomic E-state index is -0.638. The van der Waals surface area contributed by atoms with Crippen LogP contribution in [0.2, 0.25) is 0 Å². The lowest BCUT2D eigenvalue weighted by Gasteiger charge is -2.10. The van der Waals surface area contributed by atoms with Crippen molar-refractivity contribution in [2.45, 2.75) is 18.9 Å². The molecule has 0 bridgehead atoms. The van der Waals surface area contributed by atoms with Gasteiger partial charge in [-0.1, -0.05) is 12.1 Å². The van der Waals surface area contributed by atoms with Gasteiger partial charge in [-0.2, -0.15) is 0 Å². The third-order valence-corrected chi connectivity index (χ3v) is 5.21. The molecule has 0 aliphatic heterocycles. The molecule has 128 valence electrons. The maximum Gasteiger partial charge on any atom is 0.337 e. The molecule has 0 fully saturated rings. The number of carbonyl (C=O) groups excluding carboxylic acids is 2. The van der Waals surface area contributed by atoms with E-state index in [9.17, 15) is 9.59 Å². The monoisotopic (exact) mass is 410 g/mol. The van der Waals surface area contributed by atoms with Crippen molar-refractivity contribution < 1.29 is 14.3 Å². The van der Waals surface area contributed by atoms with E-state index in [-0.39, 0.29) is 11.9 Å². The van der Waals surface area contributed by atoms with Crippen LogP contribution in [0.4, 0.5) is 0 Å². The molecule has 5 nitrogen and oxygen atoms in total. The summed E-state index contributed by atoms with van der Waals surface area (Å²) in [6.07, 6.45) is 1.60. The summed E-state index contributed by atoms with van der Waals surface area (Å²) < 4.78 is 5.62. The number of thiophene rings is 1. The third-order valence-electron chi connectivity index (χ3n) is 3.50. The predicted octanol–water partition coefficient (Wildman–Crippen LogP) is 3.05. The van der Waals surface area contributed by atoms with Crippen molar-refractivity contribution in [3.8, 4) is 0 Å². The van der Waals surface area contributed by atoms with E-state index in [1.54, 1.807) is 12.1 Å². The zero-order valence-corrected chi connectivity index (χ0v) is 15.7. The van der Waals surface area contributed by atoms with Gasteiger partial charge in [0.25, 0.3) is 0 Å². The van der Waals surface area contributed by atoms with E-state index in [2.05, 4.69) is 26.0 Å². The summed E-state index contributed by atoms with van der Waals surface area (Å²) in [6, 6.07) is 10.4. The van der Waals surface area contributed by atoms with E-state index >= 15 is 0 Å². The topological polar surface area (TPSA) is 81.4 Å². The van der Waals surface area contributed by atoms with Gasteiger partial charge in [-0.05, 0) is 58.6 Å². The Morgan fingerprint density at radius 2 is 1.96 bits per heavy atom. The largest absolute Gasteiger partial charge is 0.465 e. The van der Waals surface area contributed by atoms with Gasteiger partial charge in [-0.15, -0.1) is 11.3 Å². The molecule has 1 aromatic carbocycles. The number of rotatable bonds is 7. The lowest BCUT2D eigenvalue weighted by molar-refractivity contribution is -0.122. The number of methoxy groups -OCH3 is 1. The maximum atomic E-state index is 12.0. The maximum absolute atomic E-state index is 12.0. The smallest absolute Gasteiger partial charge is 0.337 e. The number of esters is 1. The van der Waals surface area contributed by atoms with E-state index in [0.29, 0.717) is 12.1 Å². The Hall–Kier alpha value is -1.70. The molecular formula is C17H19BrN2O3S. The average molecular weight is 411 g/mol. The van der Waals surface area contributed by atoms with Crippen LogP contribution in [-0.4, -0.2) is 25.5 Å². The fourth-order valence-corrected chi connectivity index (χ4v) is 3.59. The van der Waals surface area contributed by atoms with Crippen LogP contribution < -0.4 is 11.1 Å². The highest BCUT2D eigenvalue weighted by Crippen LogP contribution is 2.26. The number of hydrogen-bond donors (Lipinski definition) is 2. The fourth-order valence-electron chi connectivity index (χ4n) is 2.16. The quantitative estimate of drug-likeness (QED) is 0.542. The second-order valence-corrected chi connectivity index (χ2v) is 7.70. The first kappa shape index (κ1) is 18.6. The van der Waals surface area contributed by atoms with Gasteiger partial charge >= 0.3 is 5.97 Å². The van der Waals surface area contributed by atoms with Gasteiger partial charge in [0, 0.05) is 11.4 Å². The second kappa shape index (κ2) is 8.96. The number of halogens is 1. The molecule has 2 aromatic rings. The lowest BCUT2D eigenvalue weighted by atomic mass is 10.1. The van der Waals surface area contributed by atoms with Crippen LogP contribution in [0, 0.1) is 0 Å². The summed E-state index contributed by atoms with van der Waals surface area (Å²) >= 11 is 4.82. The van der Waals surface area contributed by atoms with Crippen LogP contribution in [0.3, 0.4) is 0 Å². The van der Waals surface area contributed by atoms with Crippen molar-refractivity contribution in [3.63, 3.8) is 0 Å². The number of aryl methyl sites for hydroxylation is 1. The summed E-state index contributed by atoms with van der Waals surface area (Å²) in [5, 5.41) is 2.85. The second-order valence-electron chi connectivity index (χ2n) is 5.20. The molecule has 2 rings (SSSR count). The summed E-state index contributed by atoms with van der Waals surface area (Å²) in [7, 11) is 1.36. The first-order valence-electron chi connectivity index (χ1n) is 7.47. The van der Waals surface area contributed by atoms with E-state index in [0.717, 1.165) is 27.1 Å². The number of carbonyl (C=O) groups is 2. The van der Waals surface area contributed by atoms with Gasteiger partial charge in [-0.3, -0.25) is 4.79 Å². The normalized spacial score (nSPS) is 11.8. The average Bonchev–Trinajstić information content (AvgIpc) is 3.04. The first-order valence-corrected chi connectivity index (χ1v) is 9.08. The molecular weight excluding hydrogens is 392 g/mol. The van der Waals surface area contributed by atoms with Gasteiger partial charge in [0.05, 0.1) is 16.5 Å². The molecule has 1 heterocycles. The van der Waals surface area contributed by atoms with Crippen LogP contribution in [0.15, 0.2) is 40.2 Å². The fraction of sp³-hybridized carbons (Fsp3) is 0.294. The Morgan fingerprint density at radius 3 is 2.54 bits per heavy atom. The molecule has 0 aliphatic rings. The summed E-state index contributed by atoms with van der Waals surface area (Å²) in [5.41, 5.74) is 7.57. The van der Waals surface area contributed by atoms with Crippen LogP contribution in [-0.2, 0) is 16.0 Å². The third kappa shape index (κ3) is 5.15. The molecule has 24 heavy (non-hydrogen) atoms. The summed E-state index contributed by atoms with van der Waals surface area (Å²) in [4.78, 5) is 24.2. The van der Waals surface area contributed by atoms with Crippen LogP contribution >= 0.6 is 27.3 Å². The number of nitrogens with two attached hydrogens (primary N) is 1. The molecule has 0 aliphatic carbocycles. The van der Waals surface area contributed by atoms with E-state index in [1.165, 1.54) is 18.4 Å². The highest BCUT2D eigenvalue weighted by molar-refractivity contribution is 9.11. The van der Waals surface area contributed by atoms with E-state index in [1.807, 2.05) is 24.3 Å². The van der Waals surface area contributed by atoms with Gasteiger partial charge < -0.3 is 15.8 Å². The summed E-state index contributed by atoms with van der Waals surface area (Å²) in [5.74, 6) is -0.520. The molecule has 1 amide bonds. The van der Waals surface area contributed by atoms with Crippen molar-refractivity contribution in [1.29, 1.82) is 0 Å². The highest BCUT2D eigenvalue weighted by Gasteiger charge is 2.16. The number of amides is 1. The van der Waals surface area contributed by atoms with Crippen LogP contribution in [0.25, 0.3) is 0 Å². The highest BCUT2D eigenvalue weighted by atomic mass is 79.9. The van der Waals surface area contributed by atoms with Crippen molar-refractivity contribution in [3.05, 3.63) is 56.2 Å². The van der Waals surface area contributed by atoms with Gasteiger partial charge in [0.1, 0.15) is 6.04 Å². The van der Waals surface area contributed by atoms with Crippen LogP contribution in [0.5, 0.6) is 0 Å². The van der Waals surface area contributed by atoms with Crippen molar-refractivity contribution in [2.75, 3.05) is 13.7 Å². The molecule has 7 heteroatoms. The molecule has 0 spiro atoms. The minimum Gasteiger partial charge on any atom is -0.465 e. The Bertz CT molecular complexity index is 700. The molecule has 3 N–H and O–H groups in total. The lowest BCUT2D eigenvalue weighted by Crippen LogP contribution is -2.34. The zero-order chi connectivity index (χ0) is 17.5. The van der Waals surface area contributed by atoms with Crippen LogP contribution in [0.1, 0.15) is 33.3 Å². The molecule has 0 saturated carbocycles.